The number of benzene rings is 3. The Kier molecular flexibility index (Phi) is 3.97. The van der Waals surface area contributed by atoms with Crippen molar-refractivity contribution in [3.05, 3.63) is 82.9 Å². The molecule has 0 spiro atoms. The molecule has 0 atom stereocenters. The summed E-state index contributed by atoms with van der Waals surface area (Å²) in [6, 6.07) is 23.1. The third-order valence-electron chi connectivity index (χ3n) is 7.74. The van der Waals surface area contributed by atoms with Gasteiger partial charge >= 0.3 is 0 Å². The Balaban J connectivity index is 1.86. The second-order valence-corrected chi connectivity index (χ2v) is 9.14. The zero-order valence-electron chi connectivity index (χ0n) is 18.3. The number of anilines is 2. The van der Waals surface area contributed by atoms with Crippen LogP contribution in [0.4, 0.5) is 11.4 Å². The topological polar surface area (TPSA) is 3.24 Å². The van der Waals surface area contributed by atoms with E-state index < -0.39 is 0 Å². The predicted molar refractivity (Wildman–Crippen MR) is 124 cm³/mol. The van der Waals surface area contributed by atoms with Crippen molar-refractivity contribution in [1.29, 1.82) is 0 Å². The lowest BCUT2D eigenvalue weighted by molar-refractivity contribution is 0.490. The SMILES string of the molecule is CCN1c2ccccc2C(C)(C)c2cc3c(cc21)C(CC)(CC)c1ccccc1-3. The summed E-state index contributed by atoms with van der Waals surface area (Å²) in [6.07, 6.45) is 2.27. The van der Waals surface area contributed by atoms with E-state index in [9.17, 15) is 0 Å². The quantitative estimate of drug-likeness (QED) is 0.452. The highest BCUT2D eigenvalue weighted by atomic mass is 15.1. The van der Waals surface area contributed by atoms with Gasteiger partial charge in [0, 0.05) is 28.7 Å². The van der Waals surface area contributed by atoms with Crippen LogP contribution in [0.25, 0.3) is 11.1 Å². The van der Waals surface area contributed by atoms with Gasteiger partial charge in [0.15, 0.2) is 0 Å². The number of para-hydroxylation sites is 1. The Bertz CT molecular complexity index is 1100. The van der Waals surface area contributed by atoms with Crippen LogP contribution in [-0.2, 0) is 10.8 Å². The Hall–Kier alpha value is -2.54. The molecule has 3 aromatic carbocycles. The monoisotopic (exact) mass is 381 g/mol. The number of nitrogens with zero attached hydrogens (tertiary/aromatic N) is 1. The lowest BCUT2D eigenvalue weighted by atomic mass is 9.70. The molecule has 0 unspecified atom stereocenters. The number of hydrogen-bond acceptors (Lipinski definition) is 1. The fourth-order valence-electron chi connectivity index (χ4n) is 6.08. The maximum Gasteiger partial charge on any atom is 0.0455 e. The van der Waals surface area contributed by atoms with E-state index >= 15 is 0 Å². The maximum atomic E-state index is 2.54. The Morgan fingerprint density at radius 3 is 2.00 bits per heavy atom. The molecule has 1 heterocycles. The van der Waals surface area contributed by atoms with Gasteiger partial charge in [-0.25, -0.2) is 0 Å². The Labute approximate surface area is 175 Å². The minimum Gasteiger partial charge on any atom is -0.341 e. The summed E-state index contributed by atoms with van der Waals surface area (Å²) in [6.45, 7) is 12.7. The highest BCUT2D eigenvalue weighted by Gasteiger charge is 2.44. The van der Waals surface area contributed by atoms with Crippen LogP contribution in [-0.4, -0.2) is 6.54 Å². The predicted octanol–water partition coefficient (Wildman–Crippen LogP) is 7.57. The molecule has 0 saturated heterocycles. The molecule has 1 nitrogen and oxygen atoms in total. The van der Waals surface area contributed by atoms with Gasteiger partial charge in [-0.1, -0.05) is 70.2 Å². The molecule has 1 aliphatic heterocycles. The van der Waals surface area contributed by atoms with E-state index in [0.29, 0.717) is 0 Å². The van der Waals surface area contributed by atoms with Gasteiger partial charge in [0.05, 0.1) is 0 Å². The third kappa shape index (κ3) is 2.22. The molecule has 5 rings (SSSR count). The van der Waals surface area contributed by atoms with Crippen molar-refractivity contribution in [2.24, 2.45) is 0 Å². The zero-order chi connectivity index (χ0) is 20.4. The molecule has 1 heteroatoms. The number of rotatable bonds is 3. The molecule has 2 aliphatic rings. The first-order valence-corrected chi connectivity index (χ1v) is 11.2. The third-order valence-corrected chi connectivity index (χ3v) is 7.74. The van der Waals surface area contributed by atoms with Crippen LogP contribution in [0.5, 0.6) is 0 Å². The van der Waals surface area contributed by atoms with E-state index in [2.05, 4.69) is 100 Å². The first kappa shape index (κ1) is 18.5. The Morgan fingerprint density at radius 1 is 0.655 bits per heavy atom. The van der Waals surface area contributed by atoms with Crippen LogP contribution in [0.2, 0.25) is 0 Å². The minimum atomic E-state index is -0.00868. The maximum absolute atomic E-state index is 2.54. The van der Waals surface area contributed by atoms with Gasteiger partial charge in [-0.3, -0.25) is 0 Å². The van der Waals surface area contributed by atoms with Crippen molar-refractivity contribution in [3.8, 4) is 11.1 Å². The molecule has 0 N–H and O–H groups in total. The molecule has 0 radical (unpaired) electrons. The second-order valence-electron chi connectivity index (χ2n) is 9.14. The van der Waals surface area contributed by atoms with Gasteiger partial charge in [0.25, 0.3) is 0 Å². The van der Waals surface area contributed by atoms with Gasteiger partial charge in [-0.15, -0.1) is 0 Å². The normalized spacial score (nSPS) is 17.3. The summed E-state index contributed by atoms with van der Waals surface area (Å²) >= 11 is 0. The first-order valence-electron chi connectivity index (χ1n) is 11.2. The van der Waals surface area contributed by atoms with Crippen LogP contribution < -0.4 is 4.90 Å². The second kappa shape index (κ2) is 6.23. The molecule has 148 valence electrons. The molecule has 0 saturated carbocycles. The summed E-state index contributed by atoms with van der Waals surface area (Å²) in [7, 11) is 0. The molecule has 29 heavy (non-hydrogen) atoms. The lowest BCUT2D eigenvalue weighted by Crippen LogP contribution is -2.33. The van der Waals surface area contributed by atoms with Gasteiger partial charge in [0.2, 0.25) is 0 Å². The molecular weight excluding hydrogens is 350 g/mol. The van der Waals surface area contributed by atoms with Crippen molar-refractivity contribution in [3.63, 3.8) is 0 Å². The molecule has 0 amide bonds. The fourth-order valence-corrected chi connectivity index (χ4v) is 6.08. The van der Waals surface area contributed by atoms with Crippen molar-refractivity contribution >= 4 is 11.4 Å². The smallest absolute Gasteiger partial charge is 0.0455 e. The van der Waals surface area contributed by atoms with Crippen molar-refractivity contribution in [1.82, 2.24) is 0 Å². The van der Waals surface area contributed by atoms with Crippen LogP contribution in [0.15, 0.2) is 60.7 Å². The first-order chi connectivity index (χ1) is 14.0. The van der Waals surface area contributed by atoms with Crippen molar-refractivity contribution in [2.45, 2.75) is 58.3 Å². The van der Waals surface area contributed by atoms with Gasteiger partial charge < -0.3 is 4.90 Å². The summed E-state index contributed by atoms with van der Waals surface area (Å²) in [5.41, 5.74) is 11.7. The number of hydrogen-bond donors (Lipinski definition) is 0. The van der Waals surface area contributed by atoms with Gasteiger partial charge in [-0.05, 0) is 71.3 Å². The molecule has 0 fully saturated rings. The van der Waals surface area contributed by atoms with E-state index in [1.807, 2.05) is 0 Å². The highest BCUT2D eigenvalue weighted by Crippen LogP contribution is 2.57. The lowest BCUT2D eigenvalue weighted by Gasteiger charge is -2.42. The van der Waals surface area contributed by atoms with Crippen LogP contribution in [0.1, 0.15) is 69.7 Å². The summed E-state index contributed by atoms with van der Waals surface area (Å²) in [5.74, 6) is 0. The van der Waals surface area contributed by atoms with Gasteiger partial charge in [-0.2, -0.15) is 0 Å². The molecule has 1 aliphatic carbocycles. The summed E-state index contributed by atoms with van der Waals surface area (Å²) in [4.78, 5) is 2.52. The summed E-state index contributed by atoms with van der Waals surface area (Å²) < 4.78 is 0. The largest absolute Gasteiger partial charge is 0.341 e. The summed E-state index contributed by atoms with van der Waals surface area (Å²) in [5, 5.41) is 0. The van der Waals surface area contributed by atoms with Crippen LogP contribution >= 0.6 is 0 Å². The van der Waals surface area contributed by atoms with Crippen LogP contribution in [0, 0.1) is 0 Å². The van der Waals surface area contributed by atoms with Crippen molar-refractivity contribution < 1.29 is 0 Å². The Morgan fingerprint density at radius 2 is 1.31 bits per heavy atom. The number of fused-ring (bicyclic) bond motifs is 5. The van der Waals surface area contributed by atoms with Gasteiger partial charge in [0.1, 0.15) is 0 Å². The fraction of sp³-hybridized carbons (Fsp3) is 0.357. The molecule has 0 bridgehead atoms. The zero-order valence-corrected chi connectivity index (χ0v) is 18.3. The standard InChI is InChI=1S/C28H31N/c1-6-28(7-2)21-14-10-9-13-19(21)20-17-24-26(18-23(20)28)29(8-3)25-16-12-11-15-22(25)27(24,4)5/h9-18H,6-8H2,1-5H3. The molecule has 0 aromatic heterocycles. The minimum absolute atomic E-state index is 0.00868. The molecular formula is C28H31N. The van der Waals surface area contributed by atoms with E-state index in [1.54, 1.807) is 0 Å². The molecule has 3 aromatic rings. The van der Waals surface area contributed by atoms with E-state index in [4.69, 9.17) is 0 Å². The average Bonchev–Trinajstić information content (AvgIpc) is 3.03. The van der Waals surface area contributed by atoms with E-state index in [1.165, 1.54) is 44.8 Å². The van der Waals surface area contributed by atoms with Crippen LogP contribution in [0.3, 0.4) is 0 Å². The highest BCUT2D eigenvalue weighted by molar-refractivity contribution is 5.88. The van der Waals surface area contributed by atoms with E-state index in [-0.39, 0.29) is 10.8 Å². The average molecular weight is 382 g/mol. The van der Waals surface area contributed by atoms with E-state index in [0.717, 1.165) is 19.4 Å². The van der Waals surface area contributed by atoms with Crippen molar-refractivity contribution in [2.75, 3.05) is 11.4 Å².